The summed E-state index contributed by atoms with van der Waals surface area (Å²) in [4.78, 5) is 0. The molecular weight excluding hydrogens is 164 g/mol. The third-order valence-corrected chi connectivity index (χ3v) is 1.45. The first-order valence-electron chi connectivity index (χ1n) is 4.01. The molecule has 68 valence electrons. The lowest BCUT2D eigenvalue weighted by atomic mass is 10.2. The molecule has 0 saturated heterocycles. The summed E-state index contributed by atoms with van der Waals surface area (Å²) in [5.74, 6) is 6.56. The number of ether oxygens (including phenoxy) is 2. The van der Waals surface area contributed by atoms with Crippen LogP contribution in [-0.2, 0) is 4.74 Å². The van der Waals surface area contributed by atoms with Gasteiger partial charge in [-0.05, 0) is 25.1 Å². The van der Waals surface area contributed by atoms with Crippen LogP contribution >= 0.6 is 0 Å². The molecule has 0 aliphatic heterocycles. The summed E-state index contributed by atoms with van der Waals surface area (Å²) in [6, 6.07) is 7.61. The molecule has 1 aromatic carbocycles. The minimum absolute atomic E-state index is 0.267. The van der Waals surface area contributed by atoms with Crippen molar-refractivity contribution < 1.29 is 9.47 Å². The predicted molar refractivity (Wildman–Crippen MR) is 51.5 cm³/mol. The summed E-state index contributed by atoms with van der Waals surface area (Å²) < 4.78 is 10.0. The first kappa shape index (κ1) is 9.63. The van der Waals surface area contributed by atoms with E-state index < -0.39 is 0 Å². The van der Waals surface area contributed by atoms with Crippen LogP contribution in [0.1, 0.15) is 12.5 Å². The van der Waals surface area contributed by atoms with Gasteiger partial charge in [-0.15, -0.1) is 5.92 Å². The molecule has 0 saturated carbocycles. The summed E-state index contributed by atoms with van der Waals surface area (Å²) in [5.41, 5.74) is 0.955. The molecule has 1 aromatic rings. The fraction of sp³-hybridized carbons (Fsp3) is 0.273. The van der Waals surface area contributed by atoms with E-state index >= 15 is 0 Å². The van der Waals surface area contributed by atoms with Crippen LogP contribution in [0.2, 0.25) is 0 Å². The fourth-order valence-corrected chi connectivity index (χ4v) is 0.935. The van der Waals surface area contributed by atoms with E-state index in [1.807, 2.05) is 31.2 Å². The molecular formula is C11H12O2. The molecule has 0 heterocycles. The molecule has 2 heteroatoms. The summed E-state index contributed by atoms with van der Waals surface area (Å²) in [6.45, 7) is 2.08. The van der Waals surface area contributed by atoms with Crippen molar-refractivity contribution in [3.63, 3.8) is 0 Å². The molecule has 0 radical (unpaired) electrons. The number of methoxy groups -OCH3 is 1. The van der Waals surface area contributed by atoms with E-state index in [0.717, 1.165) is 11.3 Å². The van der Waals surface area contributed by atoms with Crippen molar-refractivity contribution >= 4 is 0 Å². The first-order valence-corrected chi connectivity index (χ1v) is 4.01. The van der Waals surface area contributed by atoms with Crippen molar-refractivity contribution in [3.05, 3.63) is 29.8 Å². The molecule has 0 bridgehead atoms. The predicted octanol–water partition coefficient (Wildman–Crippen LogP) is 2.04. The van der Waals surface area contributed by atoms with E-state index in [-0.39, 0.29) is 6.79 Å². The van der Waals surface area contributed by atoms with Crippen molar-refractivity contribution in [1.82, 2.24) is 0 Å². The molecule has 13 heavy (non-hydrogen) atoms. The first-order chi connectivity index (χ1) is 6.36. The van der Waals surface area contributed by atoms with Crippen LogP contribution in [0.15, 0.2) is 24.3 Å². The average molecular weight is 176 g/mol. The number of rotatable bonds is 3. The van der Waals surface area contributed by atoms with Crippen molar-refractivity contribution in [2.24, 2.45) is 0 Å². The molecule has 0 fully saturated rings. The van der Waals surface area contributed by atoms with Gasteiger partial charge in [0.1, 0.15) is 5.75 Å². The van der Waals surface area contributed by atoms with Crippen LogP contribution in [0.4, 0.5) is 0 Å². The largest absolute Gasteiger partial charge is 0.468 e. The number of benzene rings is 1. The third-order valence-electron chi connectivity index (χ3n) is 1.45. The zero-order chi connectivity index (χ0) is 9.52. The van der Waals surface area contributed by atoms with Gasteiger partial charge in [-0.1, -0.05) is 12.0 Å². The molecule has 0 spiro atoms. The van der Waals surface area contributed by atoms with Gasteiger partial charge in [-0.3, -0.25) is 0 Å². The van der Waals surface area contributed by atoms with Gasteiger partial charge in [0, 0.05) is 12.7 Å². The zero-order valence-corrected chi connectivity index (χ0v) is 7.83. The Labute approximate surface area is 78.5 Å². The molecule has 0 aliphatic rings. The van der Waals surface area contributed by atoms with Crippen LogP contribution in [0.3, 0.4) is 0 Å². The van der Waals surface area contributed by atoms with E-state index in [1.165, 1.54) is 0 Å². The highest BCUT2D eigenvalue weighted by Gasteiger charge is 1.92. The second-order valence-electron chi connectivity index (χ2n) is 2.45. The zero-order valence-electron chi connectivity index (χ0n) is 7.83. The van der Waals surface area contributed by atoms with Crippen molar-refractivity contribution in [2.45, 2.75) is 6.92 Å². The van der Waals surface area contributed by atoms with Gasteiger partial charge in [-0.25, -0.2) is 0 Å². The maximum Gasteiger partial charge on any atom is 0.188 e. The Balaban J connectivity index is 2.71. The standard InChI is InChI=1S/C11H12O2/c1-3-5-10-6-4-7-11(8-10)13-9-12-2/h4,6-8H,9H2,1-2H3. The molecule has 0 N–H and O–H groups in total. The Morgan fingerprint density at radius 2 is 2.23 bits per heavy atom. The Morgan fingerprint density at radius 1 is 1.38 bits per heavy atom. The highest BCUT2D eigenvalue weighted by molar-refractivity contribution is 5.39. The molecule has 0 unspecified atom stereocenters. The lowest BCUT2D eigenvalue weighted by molar-refractivity contribution is 0.0511. The summed E-state index contributed by atoms with van der Waals surface area (Å²) >= 11 is 0. The Bertz CT molecular complexity index is 320. The second kappa shape index (κ2) is 5.23. The quantitative estimate of drug-likeness (QED) is 0.518. The molecule has 2 nitrogen and oxygen atoms in total. The van der Waals surface area contributed by atoms with Crippen LogP contribution < -0.4 is 4.74 Å². The van der Waals surface area contributed by atoms with E-state index in [2.05, 4.69) is 11.8 Å². The average Bonchev–Trinajstić information content (AvgIpc) is 2.16. The van der Waals surface area contributed by atoms with Crippen LogP contribution in [-0.4, -0.2) is 13.9 Å². The topological polar surface area (TPSA) is 18.5 Å². The Kier molecular flexibility index (Phi) is 3.87. The Morgan fingerprint density at radius 3 is 2.92 bits per heavy atom. The van der Waals surface area contributed by atoms with Gasteiger partial charge in [0.25, 0.3) is 0 Å². The molecule has 0 aromatic heterocycles. The van der Waals surface area contributed by atoms with Gasteiger partial charge >= 0.3 is 0 Å². The highest BCUT2D eigenvalue weighted by Crippen LogP contribution is 2.12. The van der Waals surface area contributed by atoms with Gasteiger partial charge in [0.05, 0.1) is 0 Å². The lowest BCUT2D eigenvalue weighted by Gasteiger charge is -2.03. The third kappa shape index (κ3) is 3.18. The molecule has 0 amide bonds. The van der Waals surface area contributed by atoms with Gasteiger partial charge in [-0.2, -0.15) is 0 Å². The smallest absolute Gasteiger partial charge is 0.188 e. The lowest BCUT2D eigenvalue weighted by Crippen LogP contribution is -1.98. The van der Waals surface area contributed by atoms with Crippen LogP contribution in [0.5, 0.6) is 5.75 Å². The normalized spacial score (nSPS) is 8.77. The van der Waals surface area contributed by atoms with Crippen LogP contribution in [0, 0.1) is 11.8 Å². The number of hydrogen-bond donors (Lipinski definition) is 0. The summed E-state index contributed by atoms with van der Waals surface area (Å²) in [7, 11) is 1.59. The van der Waals surface area contributed by atoms with Crippen LogP contribution in [0.25, 0.3) is 0 Å². The fourth-order valence-electron chi connectivity index (χ4n) is 0.935. The minimum Gasteiger partial charge on any atom is -0.468 e. The molecule has 0 aliphatic carbocycles. The Hall–Kier alpha value is -1.46. The van der Waals surface area contributed by atoms with E-state index in [0.29, 0.717) is 0 Å². The summed E-state index contributed by atoms with van der Waals surface area (Å²) in [5, 5.41) is 0. The molecule has 0 atom stereocenters. The number of hydrogen-bond acceptors (Lipinski definition) is 2. The molecule has 1 rings (SSSR count). The van der Waals surface area contributed by atoms with E-state index in [1.54, 1.807) is 7.11 Å². The van der Waals surface area contributed by atoms with E-state index in [4.69, 9.17) is 9.47 Å². The monoisotopic (exact) mass is 176 g/mol. The maximum absolute atomic E-state index is 5.25. The van der Waals surface area contributed by atoms with E-state index in [9.17, 15) is 0 Å². The SMILES string of the molecule is CC#Cc1cccc(OCOC)c1. The van der Waals surface area contributed by atoms with Crippen molar-refractivity contribution in [1.29, 1.82) is 0 Å². The minimum atomic E-state index is 0.267. The van der Waals surface area contributed by atoms with Crippen molar-refractivity contribution in [3.8, 4) is 17.6 Å². The van der Waals surface area contributed by atoms with Gasteiger partial charge in [0.2, 0.25) is 0 Å². The highest BCUT2D eigenvalue weighted by atomic mass is 16.7. The van der Waals surface area contributed by atoms with Gasteiger partial charge < -0.3 is 9.47 Å². The van der Waals surface area contributed by atoms with Crippen molar-refractivity contribution in [2.75, 3.05) is 13.9 Å². The second-order valence-corrected chi connectivity index (χ2v) is 2.45. The summed E-state index contributed by atoms with van der Waals surface area (Å²) in [6.07, 6.45) is 0. The van der Waals surface area contributed by atoms with Gasteiger partial charge in [0.15, 0.2) is 6.79 Å². The maximum atomic E-state index is 5.25.